The Labute approximate surface area is 223 Å². The zero-order valence-electron chi connectivity index (χ0n) is 22.3. The maximum Gasteiger partial charge on any atom is 0.573 e. The van der Waals surface area contributed by atoms with E-state index in [1.807, 2.05) is 0 Å². The number of pyridine rings is 1. The van der Waals surface area contributed by atoms with Gasteiger partial charge in [-0.2, -0.15) is 0 Å². The number of rotatable bonds is 8. The SMILES string of the molecule is CC(C)C(=O)Nc1cc(CN2C(=O)N(c3ccc(OC(F)(F)F)cc3)C(=O)C2(C)C)cc(NC(=O)C(C)C)n1. The molecule has 1 aliphatic rings. The monoisotopic (exact) mass is 549 g/mol. The van der Waals surface area contributed by atoms with Crippen LogP contribution < -0.4 is 20.3 Å². The second kappa shape index (κ2) is 10.9. The van der Waals surface area contributed by atoms with Gasteiger partial charge in [0.15, 0.2) is 0 Å². The van der Waals surface area contributed by atoms with Crippen LogP contribution >= 0.6 is 0 Å². The van der Waals surface area contributed by atoms with E-state index in [2.05, 4.69) is 20.4 Å². The molecule has 0 saturated carbocycles. The van der Waals surface area contributed by atoms with Crippen molar-refractivity contribution < 1.29 is 37.1 Å². The first-order chi connectivity index (χ1) is 18.0. The summed E-state index contributed by atoms with van der Waals surface area (Å²) in [5, 5.41) is 5.34. The highest BCUT2D eigenvalue weighted by atomic mass is 19.4. The lowest BCUT2D eigenvalue weighted by molar-refractivity contribution is -0.274. The van der Waals surface area contributed by atoms with Crippen molar-refractivity contribution in [1.82, 2.24) is 9.88 Å². The Kier molecular flexibility index (Phi) is 8.22. The summed E-state index contributed by atoms with van der Waals surface area (Å²) in [5.41, 5.74) is -0.794. The third kappa shape index (κ3) is 6.84. The van der Waals surface area contributed by atoms with Gasteiger partial charge < -0.3 is 20.3 Å². The first kappa shape index (κ1) is 29.4. The Morgan fingerprint density at radius 2 is 1.44 bits per heavy atom. The van der Waals surface area contributed by atoms with E-state index < -0.39 is 29.6 Å². The number of hydrogen-bond acceptors (Lipinski definition) is 6. The van der Waals surface area contributed by atoms with E-state index in [9.17, 15) is 32.3 Å². The van der Waals surface area contributed by atoms with Crippen LogP contribution in [-0.2, 0) is 20.9 Å². The molecule has 1 aromatic heterocycles. The van der Waals surface area contributed by atoms with Crippen molar-refractivity contribution in [2.24, 2.45) is 11.8 Å². The van der Waals surface area contributed by atoms with Crippen molar-refractivity contribution in [2.75, 3.05) is 15.5 Å². The fourth-order valence-corrected chi connectivity index (χ4v) is 3.66. The molecule has 3 rings (SSSR count). The topological polar surface area (TPSA) is 121 Å². The molecule has 0 aliphatic carbocycles. The average molecular weight is 550 g/mol. The molecule has 1 saturated heterocycles. The maximum absolute atomic E-state index is 13.4. The number of anilines is 3. The van der Waals surface area contributed by atoms with Crippen molar-refractivity contribution in [3.63, 3.8) is 0 Å². The number of benzene rings is 1. The Morgan fingerprint density at radius 3 is 1.87 bits per heavy atom. The van der Waals surface area contributed by atoms with Crippen LogP contribution in [0.4, 0.5) is 35.3 Å². The molecule has 1 aliphatic heterocycles. The molecule has 0 unspecified atom stereocenters. The summed E-state index contributed by atoms with van der Waals surface area (Å²) in [6, 6.07) is 6.75. The van der Waals surface area contributed by atoms with Gasteiger partial charge in [0.2, 0.25) is 11.8 Å². The summed E-state index contributed by atoms with van der Waals surface area (Å²) in [7, 11) is 0. The van der Waals surface area contributed by atoms with Gasteiger partial charge in [0.05, 0.1) is 5.69 Å². The summed E-state index contributed by atoms with van der Waals surface area (Å²) in [4.78, 5) is 57.7. The van der Waals surface area contributed by atoms with Gasteiger partial charge in [0.1, 0.15) is 22.9 Å². The molecule has 0 radical (unpaired) electrons. The Morgan fingerprint density at radius 1 is 0.949 bits per heavy atom. The van der Waals surface area contributed by atoms with Gasteiger partial charge in [0.25, 0.3) is 5.91 Å². The van der Waals surface area contributed by atoms with E-state index in [0.717, 1.165) is 17.0 Å². The standard InChI is InChI=1S/C26H30F3N5O5/c1-14(2)21(35)31-19-11-16(12-20(30-19)32-22(36)15(3)4)13-33-24(38)34(23(37)25(33,5)6)17-7-9-18(10-8-17)39-26(27,28)29/h7-12,14-15H,13H2,1-6H3,(H2,30,31,32,35,36). The lowest BCUT2D eigenvalue weighted by atomic mass is 10.0. The molecule has 0 bridgehead atoms. The number of imide groups is 1. The molecule has 5 amide bonds. The fourth-order valence-electron chi connectivity index (χ4n) is 3.66. The minimum absolute atomic E-state index is 0.0691. The van der Waals surface area contributed by atoms with Crippen LogP contribution in [0.2, 0.25) is 0 Å². The molecule has 0 atom stereocenters. The third-order valence-corrected chi connectivity index (χ3v) is 5.93. The molecular formula is C26H30F3N5O5. The van der Waals surface area contributed by atoms with Gasteiger partial charge in [-0.05, 0) is 55.8 Å². The number of carbonyl (C=O) groups excluding carboxylic acids is 4. The number of amides is 5. The molecule has 2 heterocycles. The lowest BCUT2D eigenvalue weighted by Crippen LogP contribution is -2.43. The highest BCUT2D eigenvalue weighted by Crippen LogP contribution is 2.35. The number of carbonyl (C=O) groups is 4. The number of ether oxygens (including phenoxy) is 1. The zero-order chi connectivity index (χ0) is 29.3. The van der Waals surface area contributed by atoms with Crippen LogP contribution in [-0.4, -0.2) is 45.5 Å². The van der Waals surface area contributed by atoms with Crippen molar-refractivity contribution in [3.05, 3.63) is 42.0 Å². The summed E-state index contributed by atoms with van der Waals surface area (Å²) in [6.07, 6.45) is -4.88. The Hall–Kier alpha value is -4.16. The number of alkyl halides is 3. The number of aromatic nitrogens is 1. The molecule has 39 heavy (non-hydrogen) atoms. The van der Waals surface area contributed by atoms with E-state index in [4.69, 9.17) is 0 Å². The normalized spacial score (nSPS) is 15.3. The van der Waals surface area contributed by atoms with Crippen LogP contribution in [0, 0.1) is 11.8 Å². The molecule has 1 fully saturated rings. The number of nitrogens with one attached hydrogen (secondary N) is 2. The molecule has 13 heteroatoms. The van der Waals surface area contributed by atoms with E-state index in [-0.39, 0.29) is 47.5 Å². The van der Waals surface area contributed by atoms with Crippen molar-refractivity contribution in [2.45, 2.75) is 60.0 Å². The molecular weight excluding hydrogens is 519 g/mol. The van der Waals surface area contributed by atoms with Crippen molar-refractivity contribution in [1.29, 1.82) is 0 Å². The van der Waals surface area contributed by atoms with E-state index in [1.165, 1.54) is 29.2 Å². The number of nitrogens with zero attached hydrogens (tertiary/aromatic N) is 3. The average Bonchev–Trinajstić information content (AvgIpc) is 2.97. The highest BCUT2D eigenvalue weighted by Gasteiger charge is 2.51. The molecule has 210 valence electrons. The maximum atomic E-state index is 13.4. The lowest BCUT2D eigenvalue weighted by Gasteiger charge is -2.28. The van der Waals surface area contributed by atoms with Crippen molar-refractivity contribution in [3.8, 4) is 5.75 Å². The first-order valence-electron chi connectivity index (χ1n) is 12.1. The number of hydrogen-bond donors (Lipinski definition) is 2. The van der Waals surface area contributed by atoms with Crippen LogP contribution in [0.1, 0.15) is 47.1 Å². The van der Waals surface area contributed by atoms with Gasteiger partial charge in [0, 0.05) is 18.4 Å². The summed E-state index contributed by atoms with van der Waals surface area (Å²) in [6.45, 7) is 9.79. The first-order valence-corrected chi connectivity index (χ1v) is 12.1. The number of urea groups is 1. The summed E-state index contributed by atoms with van der Waals surface area (Å²) in [5.74, 6) is -2.09. The van der Waals surface area contributed by atoms with E-state index >= 15 is 0 Å². The van der Waals surface area contributed by atoms with Gasteiger partial charge in [-0.1, -0.05) is 27.7 Å². The molecule has 0 spiro atoms. The van der Waals surface area contributed by atoms with E-state index in [0.29, 0.717) is 5.56 Å². The Balaban J connectivity index is 1.92. The van der Waals surface area contributed by atoms with Gasteiger partial charge in [-0.15, -0.1) is 13.2 Å². The third-order valence-electron chi connectivity index (χ3n) is 5.93. The van der Waals surface area contributed by atoms with Crippen molar-refractivity contribution >= 4 is 41.1 Å². The molecule has 2 aromatic rings. The van der Waals surface area contributed by atoms with Gasteiger partial charge in [-0.3, -0.25) is 14.4 Å². The molecule has 10 nitrogen and oxygen atoms in total. The molecule has 1 aromatic carbocycles. The quantitative estimate of drug-likeness (QED) is 0.451. The fraction of sp³-hybridized carbons (Fsp3) is 0.423. The van der Waals surface area contributed by atoms with Crippen LogP contribution in [0.5, 0.6) is 5.75 Å². The van der Waals surface area contributed by atoms with Gasteiger partial charge in [-0.25, -0.2) is 14.7 Å². The number of halogens is 3. The van der Waals surface area contributed by atoms with E-state index in [1.54, 1.807) is 41.5 Å². The highest BCUT2D eigenvalue weighted by molar-refractivity contribution is 6.23. The van der Waals surface area contributed by atoms with Crippen LogP contribution in [0.3, 0.4) is 0 Å². The minimum atomic E-state index is -4.88. The molecule has 2 N–H and O–H groups in total. The van der Waals surface area contributed by atoms with Crippen LogP contribution in [0.25, 0.3) is 0 Å². The smallest absolute Gasteiger partial charge is 0.406 e. The minimum Gasteiger partial charge on any atom is -0.406 e. The summed E-state index contributed by atoms with van der Waals surface area (Å²) < 4.78 is 41.4. The Bertz CT molecular complexity index is 1240. The summed E-state index contributed by atoms with van der Waals surface area (Å²) >= 11 is 0. The second-order valence-corrected chi connectivity index (χ2v) is 10.1. The predicted octanol–water partition coefficient (Wildman–Crippen LogP) is 4.92. The zero-order valence-corrected chi connectivity index (χ0v) is 22.3. The van der Waals surface area contributed by atoms with Gasteiger partial charge >= 0.3 is 12.4 Å². The van der Waals surface area contributed by atoms with Crippen LogP contribution in [0.15, 0.2) is 36.4 Å². The largest absolute Gasteiger partial charge is 0.573 e. The second-order valence-electron chi connectivity index (χ2n) is 10.1. The predicted molar refractivity (Wildman–Crippen MR) is 137 cm³/mol.